The van der Waals surface area contributed by atoms with Gasteiger partial charge in [0.2, 0.25) is 17.6 Å². The Kier molecular flexibility index (Phi) is 4.74. The summed E-state index contributed by atoms with van der Waals surface area (Å²) in [7, 11) is 0. The van der Waals surface area contributed by atoms with Crippen LogP contribution in [-0.2, 0) is 16.1 Å². The Balaban J connectivity index is 1.39. The molecule has 2 saturated heterocycles. The maximum Gasteiger partial charge on any atom is 0.241 e. The smallest absolute Gasteiger partial charge is 0.241 e. The Labute approximate surface area is 152 Å². The van der Waals surface area contributed by atoms with Crippen molar-refractivity contribution in [3.63, 3.8) is 0 Å². The average Bonchev–Trinajstić information content (AvgIpc) is 3.11. The summed E-state index contributed by atoms with van der Waals surface area (Å²) in [5.74, 6) is 1.40. The summed E-state index contributed by atoms with van der Waals surface area (Å²) in [6.07, 6.45) is 1.75. The minimum absolute atomic E-state index is 0.145. The second-order valence-corrected chi connectivity index (χ2v) is 7.13. The van der Waals surface area contributed by atoms with Crippen LogP contribution in [0.3, 0.4) is 0 Å². The van der Waals surface area contributed by atoms with Crippen molar-refractivity contribution in [2.45, 2.75) is 31.9 Å². The molecule has 3 heterocycles. The van der Waals surface area contributed by atoms with Crippen molar-refractivity contribution >= 4 is 5.91 Å². The number of carbonyl (C=O) groups is 1. The van der Waals surface area contributed by atoms with E-state index in [4.69, 9.17) is 9.26 Å². The van der Waals surface area contributed by atoms with E-state index in [1.165, 1.54) is 0 Å². The van der Waals surface area contributed by atoms with Crippen LogP contribution in [0.25, 0.3) is 11.4 Å². The van der Waals surface area contributed by atoms with Gasteiger partial charge in [0.25, 0.3) is 0 Å². The molecule has 0 atom stereocenters. The van der Waals surface area contributed by atoms with Crippen LogP contribution in [0.5, 0.6) is 0 Å². The summed E-state index contributed by atoms with van der Waals surface area (Å²) in [5, 5.41) is 4.10. The first-order valence-electron chi connectivity index (χ1n) is 9.13. The standard InChI is InChI=1S/C19H24N4O3/c1-15(24)23-9-7-19(8-10-23)14-22(11-12-25-19)13-17-20-18(21-26-17)16-5-3-2-4-6-16/h2-6H,7-14H2,1H3. The summed E-state index contributed by atoms with van der Waals surface area (Å²) in [6.45, 7) is 6.17. The Morgan fingerprint density at radius 1 is 1.19 bits per heavy atom. The molecule has 4 rings (SSSR count). The third-order valence-electron chi connectivity index (χ3n) is 5.31. The van der Waals surface area contributed by atoms with Gasteiger partial charge in [0, 0.05) is 38.7 Å². The molecule has 2 aliphatic rings. The fourth-order valence-electron chi connectivity index (χ4n) is 3.80. The average molecular weight is 356 g/mol. The molecule has 2 aromatic rings. The largest absolute Gasteiger partial charge is 0.372 e. The van der Waals surface area contributed by atoms with Crippen molar-refractivity contribution in [1.82, 2.24) is 19.9 Å². The van der Waals surface area contributed by atoms with Crippen LogP contribution in [-0.4, -0.2) is 64.2 Å². The Morgan fingerprint density at radius 3 is 2.69 bits per heavy atom. The van der Waals surface area contributed by atoms with Crippen LogP contribution in [0, 0.1) is 0 Å². The van der Waals surface area contributed by atoms with Gasteiger partial charge in [0.05, 0.1) is 18.8 Å². The third-order valence-corrected chi connectivity index (χ3v) is 5.31. The number of hydrogen-bond acceptors (Lipinski definition) is 6. The molecule has 138 valence electrons. The minimum Gasteiger partial charge on any atom is -0.372 e. The molecule has 7 nitrogen and oxygen atoms in total. The lowest BCUT2D eigenvalue weighted by Crippen LogP contribution is -2.57. The highest BCUT2D eigenvalue weighted by atomic mass is 16.5. The molecule has 1 amide bonds. The number of hydrogen-bond donors (Lipinski definition) is 0. The van der Waals surface area contributed by atoms with Gasteiger partial charge < -0.3 is 14.2 Å². The minimum atomic E-state index is -0.160. The van der Waals surface area contributed by atoms with Crippen LogP contribution in [0.4, 0.5) is 0 Å². The molecule has 0 unspecified atom stereocenters. The second kappa shape index (κ2) is 7.17. The Morgan fingerprint density at radius 2 is 1.96 bits per heavy atom. The molecule has 1 spiro atoms. The molecule has 26 heavy (non-hydrogen) atoms. The Hall–Kier alpha value is -2.25. The summed E-state index contributed by atoms with van der Waals surface area (Å²) < 4.78 is 11.6. The van der Waals surface area contributed by atoms with E-state index in [2.05, 4.69) is 15.0 Å². The quantitative estimate of drug-likeness (QED) is 0.837. The summed E-state index contributed by atoms with van der Waals surface area (Å²) in [4.78, 5) is 20.3. The van der Waals surface area contributed by atoms with Crippen LogP contribution < -0.4 is 0 Å². The van der Waals surface area contributed by atoms with Crippen molar-refractivity contribution in [1.29, 1.82) is 0 Å². The highest BCUT2D eigenvalue weighted by Gasteiger charge is 2.40. The lowest BCUT2D eigenvalue weighted by atomic mass is 9.89. The normalized spacial score (nSPS) is 20.4. The lowest BCUT2D eigenvalue weighted by molar-refractivity contribution is -0.150. The van der Waals surface area contributed by atoms with E-state index in [-0.39, 0.29) is 11.5 Å². The predicted octanol–water partition coefficient (Wildman–Crippen LogP) is 1.95. The van der Waals surface area contributed by atoms with Gasteiger partial charge in [-0.15, -0.1) is 0 Å². The lowest BCUT2D eigenvalue weighted by Gasteiger charge is -2.47. The monoisotopic (exact) mass is 356 g/mol. The molecule has 0 saturated carbocycles. The number of morpholine rings is 1. The van der Waals surface area contributed by atoms with Crippen LogP contribution in [0.2, 0.25) is 0 Å². The van der Waals surface area contributed by atoms with Crippen LogP contribution in [0.1, 0.15) is 25.7 Å². The van der Waals surface area contributed by atoms with Crippen molar-refractivity contribution in [3.05, 3.63) is 36.2 Å². The zero-order chi connectivity index (χ0) is 18.0. The summed E-state index contributed by atoms with van der Waals surface area (Å²) >= 11 is 0. The first kappa shape index (κ1) is 17.2. The summed E-state index contributed by atoms with van der Waals surface area (Å²) in [5.41, 5.74) is 0.796. The molecule has 1 aromatic heterocycles. The number of nitrogens with zero attached hydrogens (tertiary/aromatic N) is 4. The zero-order valence-electron chi connectivity index (χ0n) is 15.1. The maximum atomic E-state index is 11.5. The molecule has 2 fully saturated rings. The third kappa shape index (κ3) is 3.64. The first-order valence-corrected chi connectivity index (χ1v) is 9.13. The van der Waals surface area contributed by atoms with Crippen molar-refractivity contribution < 1.29 is 14.1 Å². The fourth-order valence-corrected chi connectivity index (χ4v) is 3.80. The van der Waals surface area contributed by atoms with Gasteiger partial charge in [-0.2, -0.15) is 4.98 Å². The molecule has 7 heteroatoms. The molecular formula is C19H24N4O3. The van der Waals surface area contributed by atoms with E-state index >= 15 is 0 Å². The van der Waals surface area contributed by atoms with Crippen LogP contribution >= 0.6 is 0 Å². The van der Waals surface area contributed by atoms with Gasteiger partial charge >= 0.3 is 0 Å². The maximum absolute atomic E-state index is 11.5. The molecule has 0 radical (unpaired) electrons. The van der Waals surface area contributed by atoms with Crippen LogP contribution in [0.15, 0.2) is 34.9 Å². The van der Waals surface area contributed by atoms with Gasteiger partial charge in [-0.1, -0.05) is 35.5 Å². The first-order chi connectivity index (χ1) is 12.6. The molecule has 1 aromatic carbocycles. The molecule has 2 aliphatic heterocycles. The van der Waals surface area contributed by atoms with Gasteiger partial charge in [0.1, 0.15) is 0 Å². The Bertz CT molecular complexity index is 753. The second-order valence-electron chi connectivity index (χ2n) is 7.13. The molecule has 0 bridgehead atoms. The SMILES string of the molecule is CC(=O)N1CCC2(CC1)CN(Cc1nc(-c3ccccc3)no1)CCO2. The van der Waals surface area contributed by atoms with Crippen molar-refractivity contribution in [2.75, 3.05) is 32.8 Å². The van der Waals surface area contributed by atoms with E-state index in [9.17, 15) is 4.79 Å². The van der Waals surface area contributed by atoms with Crippen molar-refractivity contribution in [3.8, 4) is 11.4 Å². The molecule has 0 aliphatic carbocycles. The highest BCUT2D eigenvalue weighted by molar-refractivity contribution is 5.73. The summed E-state index contributed by atoms with van der Waals surface area (Å²) in [6, 6.07) is 9.84. The van der Waals surface area contributed by atoms with Gasteiger partial charge in [-0.3, -0.25) is 9.69 Å². The number of rotatable bonds is 3. The van der Waals surface area contributed by atoms with E-state index in [1.54, 1.807) is 6.92 Å². The number of benzene rings is 1. The van der Waals surface area contributed by atoms with E-state index < -0.39 is 0 Å². The number of aromatic nitrogens is 2. The molecular weight excluding hydrogens is 332 g/mol. The fraction of sp³-hybridized carbons (Fsp3) is 0.526. The zero-order valence-corrected chi connectivity index (χ0v) is 15.1. The van der Waals surface area contributed by atoms with Crippen molar-refractivity contribution in [2.24, 2.45) is 0 Å². The predicted molar refractivity (Wildman–Crippen MR) is 95.2 cm³/mol. The van der Waals surface area contributed by atoms with E-state index in [0.717, 1.165) is 44.6 Å². The number of ether oxygens (including phenoxy) is 1. The van der Waals surface area contributed by atoms with Gasteiger partial charge in [-0.05, 0) is 12.8 Å². The number of carbonyl (C=O) groups excluding carboxylic acids is 1. The van der Waals surface area contributed by atoms with Gasteiger partial charge in [0.15, 0.2) is 0 Å². The number of piperidine rings is 1. The van der Waals surface area contributed by atoms with Gasteiger partial charge in [-0.25, -0.2) is 0 Å². The highest BCUT2D eigenvalue weighted by Crippen LogP contribution is 2.30. The molecule has 0 N–H and O–H groups in total. The number of likely N-dealkylation sites (tertiary alicyclic amines) is 1. The van der Waals surface area contributed by atoms with E-state index in [1.807, 2.05) is 35.2 Å². The van der Waals surface area contributed by atoms with E-state index in [0.29, 0.717) is 24.9 Å². The topological polar surface area (TPSA) is 71.7 Å². The number of amides is 1.